The van der Waals surface area contributed by atoms with Crippen molar-refractivity contribution >= 4 is 43.4 Å². The molecule has 1 heterocycles. The van der Waals surface area contributed by atoms with E-state index in [1.807, 2.05) is 0 Å². The molecule has 11 aromatic rings. The summed E-state index contributed by atoms with van der Waals surface area (Å²) < 4.78 is 2.32. The van der Waals surface area contributed by atoms with Crippen LogP contribution in [0, 0.1) is 0 Å². The highest BCUT2D eigenvalue weighted by atomic mass is 15.1. The number of hydrogen-bond donors (Lipinski definition) is 0. The van der Waals surface area contributed by atoms with Gasteiger partial charge in [0.05, 0.1) is 11.0 Å². The van der Waals surface area contributed by atoms with Crippen molar-refractivity contribution in [1.82, 2.24) is 9.55 Å². The maximum atomic E-state index is 5.33. The van der Waals surface area contributed by atoms with Gasteiger partial charge in [0.2, 0.25) is 0 Å². The van der Waals surface area contributed by atoms with Crippen LogP contribution in [0.2, 0.25) is 0 Å². The maximum Gasteiger partial charge on any atom is 0.146 e. The average Bonchev–Trinajstić information content (AvgIpc) is 3.68. The predicted molar refractivity (Wildman–Crippen MR) is 241 cm³/mol. The lowest BCUT2D eigenvalue weighted by atomic mass is 9.85. The highest BCUT2D eigenvalue weighted by molar-refractivity contribution is 6.21. The molecule has 0 fully saturated rings. The van der Waals surface area contributed by atoms with Crippen molar-refractivity contribution in [3.05, 3.63) is 218 Å². The number of para-hydroxylation sites is 2. The second-order valence-corrected chi connectivity index (χ2v) is 14.7. The SMILES string of the molecule is c1ccc(-c2ccc(-c3nc4ccccc4n3-c3ccc(-c4c5ccccc5c(-c5ccc6ccccc6c5)c5ccccc45)cc3)c(-c3ccccc3)c2)cc1. The molecule has 0 aliphatic heterocycles. The third-order valence-electron chi connectivity index (χ3n) is 11.4. The predicted octanol–water partition coefficient (Wildman–Crippen LogP) is 14.8. The molecular weight excluding hydrogens is 689 g/mol. The summed E-state index contributed by atoms with van der Waals surface area (Å²) in [6.45, 7) is 0. The van der Waals surface area contributed by atoms with Crippen LogP contribution in [-0.4, -0.2) is 9.55 Å². The van der Waals surface area contributed by atoms with Gasteiger partial charge in [-0.2, -0.15) is 0 Å². The highest BCUT2D eigenvalue weighted by Gasteiger charge is 2.20. The summed E-state index contributed by atoms with van der Waals surface area (Å²) in [5, 5.41) is 7.48. The number of aromatic nitrogens is 2. The minimum atomic E-state index is 0.915. The van der Waals surface area contributed by atoms with Crippen LogP contribution in [-0.2, 0) is 0 Å². The van der Waals surface area contributed by atoms with Crippen LogP contribution in [0.15, 0.2) is 218 Å². The molecule has 0 N–H and O–H groups in total. The van der Waals surface area contributed by atoms with Crippen LogP contribution < -0.4 is 0 Å². The van der Waals surface area contributed by atoms with E-state index in [0.29, 0.717) is 0 Å². The second-order valence-electron chi connectivity index (χ2n) is 14.7. The van der Waals surface area contributed by atoms with Gasteiger partial charge in [-0.15, -0.1) is 0 Å². The molecule has 0 amide bonds. The summed E-state index contributed by atoms with van der Waals surface area (Å²) in [6.07, 6.45) is 0. The van der Waals surface area contributed by atoms with E-state index >= 15 is 0 Å². The van der Waals surface area contributed by atoms with Gasteiger partial charge in [-0.05, 0) is 119 Å². The number of benzene rings is 10. The van der Waals surface area contributed by atoms with Gasteiger partial charge in [0.1, 0.15) is 5.82 Å². The molecule has 266 valence electrons. The number of nitrogens with zero attached hydrogens (tertiary/aromatic N) is 2. The van der Waals surface area contributed by atoms with Gasteiger partial charge >= 0.3 is 0 Å². The summed E-state index contributed by atoms with van der Waals surface area (Å²) in [7, 11) is 0. The molecule has 57 heavy (non-hydrogen) atoms. The average molecular weight is 725 g/mol. The number of hydrogen-bond acceptors (Lipinski definition) is 1. The molecule has 0 unspecified atom stereocenters. The zero-order chi connectivity index (χ0) is 37.7. The van der Waals surface area contributed by atoms with Crippen molar-refractivity contribution in [3.8, 4) is 61.6 Å². The molecule has 0 bridgehead atoms. The standard InChI is InChI=1S/C55H36N2/c1-3-15-37(16-4-1)42-31-34-49(50(36-42)39-18-5-2-6-19-39)55-56-51-25-13-14-26-52(51)57(55)44-32-29-40(30-33-44)53-45-21-9-11-23-47(45)54(48-24-12-10-22-46(48)53)43-28-27-38-17-7-8-20-41(38)35-43/h1-36H. The minimum Gasteiger partial charge on any atom is -0.292 e. The Labute approximate surface area is 331 Å². The Morgan fingerprint density at radius 2 is 0.842 bits per heavy atom. The first-order valence-corrected chi connectivity index (χ1v) is 19.5. The first-order valence-electron chi connectivity index (χ1n) is 19.5. The quantitative estimate of drug-likeness (QED) is 0.156. The zero-order valence-electron chi connectivity index (χ0n) is 31.2. The summed E-state index contributed by atoms with van der Waals surface area (Å²) in [4.78, 5) is 5.33. The van der Waals surface area contributed by atoms with Gasteiger partial charge in [-0.3, -0.25) is 4.57 Å². The smallest absolute Gasteiger partial charge is 0.146 e. The fourth-order valence-corrected chi connectivity index (χ4v) is 8.75. The Balaban J connectivity index is 1.09. The summed E-state index contributed by atoms with van der Waals surface area (Å²) >= 11 is 0. The Kier molecular flexibility index (Phi) is 7.86. The molecule has 0 saturated heterocycles. The van der Waals surface area contributed by atoms with E-state index in [2.05, 4.69) is 223 Å². The second kappa shape index (κ2) is 13.6. The van der Waals surface area contributed by atoms with E-state index in [0.717, 1.165) is 39.2 Å². The largest absolute Gasteiger partial charge is 0.292 e. The lowest BCUT2D eigenvalue weighted by Crippen LogP contribution is -1.99. The van der Waals surface area contributed by atoms with Crippen LogP contribution >= 0.6 is 0 Å². The van der Waals surface area contributed by atoms with Crippen molar-refractivity contribution in [1.29, 1.82) is 0 Å². The Bertz CT molecular complexity index is 3210. The molecule has 2 heteroatoms. The van der Waals surface area contributed by atoms with E-state index in [1.54, 1.807) is 0 Å². The minimum absolute atomic E-state index is 0.915. The van der Waals surface area contributed by atoms with Gasteiger partial charge in [0.25, 0.3) is 0 Å². The first kappa shape index (κ1) is 32.8. The lowest BCUT2D eigenvalue weighted by Gasteiger charge is -2.19. The van der Waals surface area contributed by atoms with E-state index in [4.69, 9.17) is 4.98 Å². The molecule has 10 aromatic carbocycles. The molecule has 0 aliphatic rings. The fraction of sp³-hybridized carbons (Fsp3) is 0. The van der Waals surface area contributed by atoms with Crippen molar-refractivity contribution in [3.63, 3.8) is 0 Å². The number of fused-ring (bicyclic) bond motifs is 4. The molecular formula is C55H36N2. The van der Waals surface area contributed by atoms with Gasteiger partial charge in [-0.1, -0.05) is 176 Å². The normalized spacial score (nSPS) is 11.5. The summed E-state index contributed by atoms with van der Waals surface area (Å²) in [5.41, 5.74) is 13.8. The molecule has 11 rings (SSSR count). The Hall–Kier alpha value is -7.55. The molecule has 0 atom stereocenters. The maximum absolute atomic E-state index is 5.33. The monoisotopic (exact) mass is 724 g/mol. The van der Waals surface area contributed by atoms with E-state index < -0.39 is 0 Å². The van der Waals surface area contributed by atoms with Crippen molar-refractivity contribution < 1.29 is 0 Å². The molecule has 0 spiro atoms. The van der Waals surface area contributed by atoms with E-state index in [1.165, 1.54) is 65.7 Å². The van der Waals surface area contributed by atoms with E-state index in [9.17, 15) is 0 Å². The third-order valence-corrected chi connectivity index (χ3v) is 11.4. The van der Waals surface area contributed by atoms with E-state index in [-0.39, 0.29) is 0 Å². The van der Waals surface area contributed by atoms with Crippen LogP contribution in [0.3, 0.4) is 0 Å². The van der Waals surface area contributed by atoms with Gasteiger partial charge in [0, 0.05) is 11.3 Å². The lowest BCUT2D eigenvalue weighted by molar-refractivity contribution is 1.10. The highest BCUT2D eigenvalue weighted by Crippen LogP contribution is 2.45. The van der Waals surface area contributed by atoms with Crippen LogP contribution in [0.5, 0.6) is 0 Å². The van der Waals surface area contributed by atoms with Crippen LogP contribution in [0.4, 0.5) is 0 Å². The number of imidazole rings is 1. The van der Waals surface area contributed by atoms with Crippen LogP contribution in [0.1, 0.15) is 0 Å². The van der Waals surface area contributed by atoms with Crippen molar-refractivity contribution in [2.24, 2.45) is 0 Å². The molecule has 2 nitrogen and oxygen atoms in total. The first-order chi connectivity index (χ1) is 28.3. The van der Waals surface area contributed by atoms with Crippen molar-refractivity contribution in [2.45, 2.75) is 0 Å². The molecule has 0 aliphatic carbocycles. The summed E-state index contributed by atoms with van der Waals surface area (Å²) in [6, 6.07) is 78.8. The Morgan fingerprint density at radius 3 is 1.53 bits per heavy atom. The van der Waals surface area contributed by atoms with Gasteiger partial charge in [-0.25, -0.2) is 4.98 Å². The fourth-order valence-electron chi connectivity index (χ4n) is 8.75. The van der Waals surface area contributed by atoms with Crippen LogP contribution in [0.25, 0.3) is 105 Å². The number of rotatable bonds is 6. The van der Waals surface area contributed by atoms with Crippen molar-refractivity contribution in [2.75, 3.05) is 0 Å². The molecule has 1 aromatic heterocycles. The summed E-state index contributed by atoms with van der Waals surface area (Å²) in [5.74, 6) is 0.915. The molecule has 0 radical (unpaired) electrons. The van der Waals surface area contributed by atoms with Gasteiger partial charge in [0.15, 0.2) is 0 Å². The Morgan fingerprint density at radius 1 is 0.316 bits per heavy atom. The topological polar surface area (TPSA) is 17.8 Å². The third kappa shape index (κ3) is 5.61. The molecule has 0 saturated carbocycles. The van der Waals surface area contributed by atoms with Gasteiger partial charge < -0.3 is 0 Å². The zero-order valence-corrected chi connectivity index (χ0v) is 31.2.